The predicted molar refractivity (Wildman–Crippen MR) is 125 cm³/mol. The minimum atomic E-state index is -3.96. The number of carbonyl (C=O) groups excluding carboxylic acids is 1. The van der Waals surface area contributed by atoms with Crippen molar-refractivity contribution in [3.8, 4) is 0 Å². The summed E-state index contributed by atoms with van der Waals surface area (Å²) in [5, 5.41) is 3.41. The first kappa shape index (κ1) is 22.8. The van der Waals surface area contributed by atoms with Crippen LogP contribution in [-0.4, -0.2) is 20.9 Å². The lowest BCUT2D eigenvalue weighted by molar-refractivity contribution is -0.120. The lowest BCUT2D eigenvalue weighted by atomic mass is 10.0. The monoisotopic (exact) mass is 456 g/mol. The molecule has 0 heterocycles. The van der Waals surface area contributed by atoms with Crippen molar-refractivity contribution in [3.63, 3.8) is 0 Å². The van der Waals surface area contributed by atoms with Crippen molar-refractivity contribution < 1.29 is 13.2 Å². The molecule has 0 aliphatic heterocycles. The average Bonchev–Trinajstić information content (AvgIpc) is 2.77. The van der Waals surface area contributed by atoms with Gasteiger partial charge in [-0.15, -0.1) is 0 Å². The second-order valence-corrected chi connectivity index (χ2v) is 9.54. The number of anilines is 1. The van der Waals surface area contributed by atoms with E-state index in [0.29, 0.717) is 17.1 Å². The van der Waals surface area contributed by atoms with Crippen molar-refractivity contribution in [1.82, 2.24) is 5.32 Å². The summed E-state index contributed by atoms with van der Waals surface area (Å²) in [5.74, 6) is -0.381. The Labute approximate surface area is 188 Å². The fourth-order valence-electron chi connectivity index (χ4n) is 3.23. The van der Waals surface area contributed by atoms with Crippen LogP contribution < -0.4 is 9.62 Å². The lowest BCUT2D eigenvalue weighted by Crippen LogP contribution is -2.42. The summed E-state index contributed by atoms with van der Waals surface area (Å²) in [6.45, 7) is 3.64. The molecule has 31 heavy (non-hydrogen) atoms. The van der Waals surface area contributed by atoms with Crippen molar-refractivity contribution in [2.45, 2.75) is 31.2 Å². The Morgan fingerprint density at radius 3 is 2.16 bits per heavy atom. The van der Waals surface area contributed by atoms with Gasteiger partial charge in [0.1, 0.15) is 6.54 Å². The van der Waals surface area contributed by atoms with Gasteiger partial charge in [0.2, 0.25) is 5.91 Å². The average molecular weight is 457 g/mol. The van der Waals surface area contributed by atoms with Crippen LogP contribution in [0, 0.1) is 6.92 Å². The minimum absolute atomic E-state index is 0.0686. The van der Waals surface area contributed by atoms with Crippen LogP contribution in [0.15, 0.2) is 83.8 Å². The topological polar surface area (TPSA) is 66.5 Å². The van der Waals surface area contributed by atoms with E-state index in [4.69, 9.17) is 11.6 Å². The quantitative estimate of drug-likeness (QED) is 0.512. The Kier molecular flexibility index (Phi) is 7.36. The number of rotatable bonds is 8. The van der Waals surface area contributed by atoms with E-state index in [2.05, 4.69) is 5.32 Å². The number of hydrogen-bond donors (Lipinski definition) is 1. The SMILES string of the molecule is CC[C@@H](NC(=O)CN(c1ccccc1)S(=O)(=O)c1ccc(Cl)cc1)c1ccc(C)cc1. The highest BCUT2D eigenvalue weighted by molar-refractivity contribution is 7.92. The van der Waals surface area contributed by atoms with Crippen molar-refractivity contribution in [2.75, 3.05) is 10.8 Å². The molecule has 0 aliphatic carbocycles. The molecule has 1 N–H and O–H groups in total. The Morgan fingerprint density at radius 1 is 0.968 bits per heavy atom. The molecule has 0 saturated heterocycles. The molecule has 1 atom stereocenters. The van der Waals surface area contributed by atoms with Gasteiger partial charge in [0, 0.05) is 5.02 Å². The molecule has 5 nitrogen and oxygen atoms in total. The van der Waals surface area contributed by atoms with Crippen molar-refractivity contribution in [2.24, 2.45) is 0 Å². The molecule has 3 aromatic carbocycles. The molecule has 0 aromatic heterocycles. The van der Waals surface area contributed by atoms with Crippen molar-refractivity contribution in [3.05, 3.63) is 95.0 Å². The van der Waals surface area contributed by atoms with Gasteiger partial charge < -0.3 is 5.32 Å². The van der Waals surface area contributed by atoms with Crippen LogP contribution in [0.4, 0.5) is 5.69 Å². The van der Waals surface area contributed by atoms with Crippen LogP contribution in [-0.2, 0) is 14.8 Å². The van der Waals surface area contributed by atoms with Gasteiger partial charge in [-0.05, 0) is 55.3 Å². The van der Waals surface area contributed by atoms with Crippen LogP contribution >= 0.6 is 11.6 Å². The maximum Gasteiger partial charge on any atom is 0.264 e. The highest BCUT2D eigenvalue weighted by Gasteiger charge is 2.28. The first-order valence-electron chi connectivity index (χ1n) is 10.0. The molecule has 3 aromatic rings. The maximum atomic E-state index is 13.3. The zero-order valence-electron chi connectivity index (χ0n) is 17.5. The molecule has 0 spiro atoms. The van der Waals surface area contributed by atoms with E-state index in [1.807, 2.05) is 38.1 Å². The zero-order valence-corrected chi connectivity index (χ0v) is 19.0. The van der Waals surface area contributed by atoms with Crippen LogP contribution in [0.5, 0.6) is 0 Å². The molecule has 0 saturated carbocycles. The van der Waals surface area contributed by atoms with Gasteiger partial charge in [-0.1, -0.05) is 66.6 Å². The molecular weight excluding hydrogens is 432 g/mol. The fraction of sp³-hybridized carbons (Fsp3) is 0.208. The third-order valence-electron chi connectivity index (χ3n) is 4.96. The smallest absolute Gasteiger partial charge is 0.264 e. The van der Waals surface area contributed by atoms with E-state index in [1.165, 1.54) is 24.3 Å². The summed E-state index contributed by atoms with van der Waals surface area (Å²) in [4.78, 5) is 13.0. The van der Waals surface area contributed by atoms with E-state index in [1.54, 1.807) is 30.3 Å². The van der Waals surface area contributed by atoms with Gasteiger partial charge in [0.15, 0.2) is 0 Å². The Hall–Kier alpha value is -2.83. The molecule has 162 valence electrons. The third kappa shape index (κ3) is 5.66. The number of nitrogens with zero attached hydrogens (tertiary/aromatic N) is 1. The van der Waals surface area contributed by atoms with E-state index in [-0.39, 0.29) is 23.4 Å². The number of halogens is 1. The van der Waals surface area contributed by atoms with Crippen molar-refractivity contribution >= 4 is 33.2 Å². The number of hydrogen-bond acceptors (Lipinski definition) is 3. The summed E-state index contributed by atoms with van der Waals surface area (Å²) in [6.07, 6.45) is 0.685. The van der Waals surface area contributed by atoms with E-state index in [0.717, 1.165) is 15.4 Å². The number of para-hydroxylation sites is 1. The summed E-state index contributed by atoms with van der Waals surface area (Å²) in [5.41, 5.74) is 2.53. The van der Waals surface area contributed by atoms with Crippen molar-refractivity contribution in [1.29, 1.82) is 0 Å². The fourth-order valence-corrected chi connectivity index (χ4v) is 4.78. The number of carbonyl (C=O) groups is 1. The van der Waals surface area contributed by atoms with Crippen LogP contribution in [0.2, 0.25) is 5.02 Å². The second kappa shape index (κ2) is 9.98. The largest absolute Gasteiger partial charge is 0.348 e. The zero-order chi connectivity index (χ0) is 22.4. The number of aryl methyl sites for hydroxylation is 1. The third-order valence-corrected chi connectivity index (χ3v) is 7.00. The number of sulfonamides is 1. The minimum Gasteiger partial charge on any atom is -0.348 e. The molecule has 1 amide bonds. The number of nitrogens with one attached hydrogen (secondary N) is 1. The molecule has 3 rings (SSSR count). The first-order valence-corrected chi connectivity index (χ1v) is 11.8. The molecule has 7 heteroatoms. The highest BCUT2D eigenvalue weighted by Crippen LogP contribution is 2.25. The Morgan fingerprint density at radius 2 is 1.58 bits per heavy atom. The molecule has 0 radical (unpaired) electrons. The number of amides is 1. The molecular formula is C24H25ClN2O3S. The standard InChI is InChI=1S/C24H25ClN2O3S/c1-3-23(19-11-9-18(2)10-12-19)26-24(28)17-27(21-7-5-4-6-8-21)31(29,30)22-15-13-20(25)14-16-22/h4-16,23H,3,17H2,1-2H3,(H,26,28)/t23-/m1/s1. The Bertz CT molecular complexity index is 1120. The summed E-state index contributed by atoms with van der Waals surface area (Å²) in [6, 6.07) is 22.2. The van der Waals surface area contributed by atoms with Gasteiger partial charge in [-0.3, -0.25) is 9.10 Å². The van der Waals surface area contributed by atoms with Gasteiger partial charge in [-0.25, -0.2) is 8.42 Å². The molecule has 0 aliphatic rings. The maximum absolute atomic E-state index is 13.3. The lowest BCUT2D eigenvalue weighted by Gasteiger charge is -2.25. The van der Waals surface area contributed by atoms with Crippen LogP contribution in [0.25, 0.3) is 0 Å². The van der Waals surface area contributed by atoms with Crippen LogP contribution in [0.1, 0.15) is 30.5 Å². The van der Waals surface area contributed by atoms with Gasteiger partial charge in [0.25, 0.3) is 10.0 Å². The van der Waals surface area contributed by atoms with Crippen LogP contribution in [0.3, 0.4) is 0 Å². The van der Waals surface area contributed by atoms with E-state index >= 15 is 0 Å². The summed E-state index contributed by atoms with van der Waals surface area (Å²) < 4.78 is 27.8. The van der Waals surface area contributed by atoms with E-state index in [9.17, 15) is 13.2 Å². The Balaban J connectivity index is 1.87. The second-order valence-electron chi connectivity index (χ2n) is 7.24. The van der Waals surface area contributed by atoms with Gasteiger partial charge in [0.05, 0.1) is 16.6 Å². The number of benzene rings is 3. The normalized spacial score (nSPS) is 12.2. The molecule has 0 unspecified atom stereocenters. The molecule has 0 bridgehead atoms. The highest BCUT2D eigenvalue weighted by atomic mass is 35.5. The van der Waals surface area contributed by atoms with E-state index < -0.39 is 10.0 Å². The first-order chi connectivity index (χ1) is 14.8. The molecule has 0 fully saturated rings. The summed E-state index contributed by atoms with van der Waals surface area (Å²) in [7, 11) is -3.96. The van der Waals surface area contributed by atoms with Gasteiger partial charge >= 0.3 is 0 Å². The summed E-state index contributed by atoms with van der Waals surface area (Å²) >= 11 is 5.91. The predicted octanol–water partition coefficient (Wildman–Crippen LogP) is 5.11. The van der Waals surface area contributed by atoms with Gasteiger partial charge in [-0.2, -0.15) is 0 Å².